The van der Waals surface area contributed by atoms with Crippen LogP contribution >= 0.6 is 0 Å². The number of aromatic carboxylic acids is 1. The molecule has 0 saturated heterocycles. The number of carboxylic acids is 1. The summed E-state index contributed by atoms with van der Waals surface area (Å²) in [5, 5.41) is 9.12. The van der Waals surface area contributed by atoms with Crippen LogP contribution in [0.2, 0.25) is 0 Å². The average molecular weight is 270 g/mol. The Balaban J connectivity index is 2.13. The van der Waals surface area contributed by atoms with E-state index in [2.05, 4.69) is 19.9 Å². The van der Waals surface area contributed by atoms with Gasteiger partial charge in [0, 0.05) is 5.56 Å². The van der Waals surface area contributed by atoms with Crippen LogP contribution < -0.4 is 4.74 Å². The molecule has 0 bridgehead atoms. The van der Waals surface area contributed by atoms with Gasteiger partial charge in [-0.15, -0.1) is 0 Å². The Bertz CT molecular complexity index is 603. The summed E-state index contributed by atoms with van der Waals surface area (Å²) in [6.07, 6.45) is 0. The molecule has 0 saturated carbocycles. The van der Waals surface area contributed by atoms with Crippen molar-refractivity contribution in [3.8, 4) is 5.75 Å². The molecular formula is C17H18O3. The second-order valence-corrected chi connectivity index (χ2v) is 4.98. The van der Waals surface area contributed by atoms with E-state index in [0.29, 0.717) is 11.5 Å². The van der Waals surface area contributed by atoms with Crippen molar-refractivity contribution in [1.29, 1.82) is 0 Å². The highest BCUT2D eigenvalue weighted by Gasteiger charge is 2.09. The largest absolute Gasteiger partial charge is 0.489 e. The Kier molecular flexibility index (Phi) is 4.41. The van der Waals surface area contributed by atoms with Crippen LogP contribution in [0.15, 0.2) is 48.5 Å². The van der Waals surface area contributed by atoms with Crippen molar-refractivity contribution < 1.29 is 14.6 Å². The fourth-order valence-corrected chi connectivity index (χ4v) is 1.98. The van der Waals surface area contributed by atoms with Gasteiger partial charge in [0.05, 0.1) is 5.56 Å². The number of rotatable bonds is 5. The predicted octanol–water partition coefficient (Wildman–Crippen LogP) is 4.09. The summed E-state index contributed by atoms with van der Waals surface area (Å²) in [4.78, 5) is 11.1. The van der Waals surface area contributed by atoms with Gasteiger partial charge in [-0.3, -0.25) is 0 Å². The third-order valence-corrected chi connectivity index (χ3v) is 3.17. The van der Waals surface area contributed by atoms with Gasteiger partial charge in [0.2, 0.25) is 0 Å². The summed E-state index contributed by atoms with van der Waals surface area (Å²) in [7, 11) is 0. The summed E-state index contributed by atoms with van der Waals surface area (Å²) < 4.78 is 5.71. The van der Waals surface area contributed by atoms with Gasteiger partial charge in [0.25, 0.3) is 0 Å². The van der Waals surface area contributed by atoms with Crippen LogP contribution in [-0.4, -0.2) is 11.1 Å². The first kappa shape index (κ1) is 14.1. The number of benzene rings is 2. The molecule has 2 aromatic carbocycles. The number of carbonyl (C=O) groups is 1. The van der Waals surface area contributed by atoms with E-state index in [9.17, 15) is 4.79 Å². The monoisotopic (exact) mass is 270 g/mol. The van der Waals surface area contributed by atoms with Gasteiger partial charge in [-0.05, 0) is 29.7 Å². The summed E-state index contributed by atoms with van der Waals surface area (Å²) >= 11 is 0. The van der Waals surface area contributed by atoms with Gasteiger partial charge in [0.1, 0.15) is 12.4 Å². The van der Waals surface area contributed by atoms with Crippen LogP contribution in [-0.2, 0) is 6.61 Å². The zero-order valence-electron chi connectivity index (χ0n) is 11.7. The van der Waals surface area contributed by atoms with Crippen LogP contribution in [0.25, 0.3) is 0 Å². The van der Waals surface area contributed by atoms with E-state index >= 15 is 0 Å². The molecule has 0 atom stereocenters. The molecule has 3 heteroatoms. The zero-order valence-corrected chi connectivity index (χ0v) is 11.7. The topological polar surface area (TPSA) is 46.5 Å². The molecule has 0 fully saturated rings. The maximum absolute atomic E-state index is 11.1. The standard InChI is InChI=1S/C17H18O3/c1-12(2)13-7-5-8-15(10-13)20-11-14-6-3-4-9-16(14)17(18)19/h3-10,12H,11H2,1-2H3,(H,18,19). The van der Waals surface area contributed by atoms with Crippen molar-refractivity contribution in [2.75, 3.05) is 0 Å². The summed E-state index contributed by atoms with van der Waals surface area (Å²) in [6, 6.07) is 14.8. The molecule has 0 heterocycles. The maximum atomic E-state index is 11.1. The van der Waals surface area contributed by atoms with Crippen LogP contribution in [0.4, 0.5) is 0 Å². The molecule has 0 unspecified atom stereocenters. The van der Waals surface area contributed by atoms with Crippen LogP contribution in [0.1, 0.15) is 41.3 Å². The van der Waals surface area contributed by atoms with Crippen LogP contribution in [0.5, 0.6) is 5.75 Å². The molecule has 0 aliphatic rings. The van der Waals surface area contributed by atoms with Gasteiger partial charge in [0.15, 0.2) is 0 Å². The van der Waals surface area contributed by atoms with Crippen molar-refractivity contribution in [3.63, 3.8) is 0 Å². The lowest BCUT2D eigenvalue weighted by Gasteiger charge is -2.11. The summed E-state index contributed by atoms with van der Waals surface area (Å²) in [6.45, 7) is 4.50. The first-order valence-corrected chi connectivity index (χ1v) is 6.62. The predicted molar refractivity (Wildman–Crippen MR) is 78.3 cm³/mol. The van der Waals surface area contributed by atoms with Crippen LogP contribution in [0.3, 0.4) is 0 Å². The molecular weight excluding hydrogens is 252 g/mol. The Morgan fingerprint density at radius 1 is 1.15 bits per heavy atom. The van der Waals surface area contributed by atoms with Crippen molar-refractivity contribution in [2.45, 2.75) is 26.4 Å². The normalized spacial score (nSPS) is 10.6. The minimum absolute atomic E-state index is 0.254. The molecule has 0 aliphatic carbocycles. The van der Waals surface area contributed by atoms with E-state index < -0.39 is 5.97 Å². The van der Waals surface area contributed by atoms with Crippen molar-refractivity contribution in [3.05, 3.63) is 65.2 Å². The molecule has 2 aromatic rings. The van der Waals surface area contributed by atoms with E-state index in [1.807, 2.05) is 24.3 Å². The lowest BCUT2D eigenvalue weighted by molar-refractivity contribution is 0.0694. The van der Waals surface area contributed by atoms with E-state index in [0.717, 1.165) is 5.75 Å². The second-order valence-electron chi connectivity index (χ2n) is 4.98. The summed E-state index contributed by atoms with van der Waals surface area (Å²) in [5.74, 6) is 0.265. The molecule has 1 N–H and O–H groups in total. The molecule has 0 amide bonds. The fourth-order valence-electron chi connectivity index (χ4n) is 1.98. The minimum atomic E-state index is -0.930. The molecule has 0 aliphatic heterocycles. The molecule has 0 aromatic heterocycles. The Morgan fingerprint density at radius 2 is 1.90 bits per heavy atom. The highest BCUT2D eigenvalue weighted by molar-refractivity contribution is 5.89. The van der Waals surface area contributed by atoms with Crippen molar-refractivity contribution >= 4 is 5.97 Å². The Morgan fingerprint density at radius 3 is 2.60 bits per heavy atom. The van der Waals surface area contributed by atoms with Gasteiger partial charge in [-0.1, -0.05) is 44.2 Å². The van der Waals surface area contributed by atoms with Gasteiger partial charge in [-0.25, -0.2) is 4.79 Å². The molecule has 2 rings (SSSR count). The second kappa shape index (κ2) is 6.24. The lowest BCUT2D eigenvalue weighted by atomic mass is 10.0. The lowest BCUT2D eigenvalue weighted by Crippen LogP contribution is -2.05. The average Bonchev–Trinajstić information content (AvgIpc) is 2.45. The number of carboxylic acid groups (broad SMARTS) is 1. The van der Waals surface area contributed by atoms with Crippen LogP contribution in [0, 0.1) is 0 Å². The SMILES string of the molecule is CC(C)c1cccc(OCc2ccccc2C(=O)O)c1. The molecule has 0 radical (unpaired) electrons. The zero-order chi connectivity index (χ0) is 14.5. The van der Waals surface area contributed by atoms with E-state index in [1.165, 1.54) is 5.56 Å². The minimum Gasteiger partial charge on any atom is -0.489 e. The maximum Gasteiger partial charge on any atom is 0.336 e. The highest BCUT2D eigenvalue weighted by atomic mass is 16.5. The number of hydrogen-bond acceptors (Lipinski definition) is 2. The van der Waals surface area contributed by atoms with Crippen molar-refractivity contribution in [1.82, 2.24) is 0 Å². The first-order chi connectivity index (χ1) is 9.58. The molecule has 0 spiro atoms. The third kappa shape index (κ3) is 3.38. The van der Waals surface area contributed by atoms with E-state index in [1.54, 1.807) is 18.2 Å². The Hall–Kier alpha value is -2.29. The number of hydrogen-bond donors (Lipinski definition) is 1. The Labute approximate surface area is 118 Å². The number of ether oxygens (including phenoxy) is 1. The van der Waals surface area contributed by atoms with Gasteiger partial charge in [-0.2, -0.15) is 0 Å². The van der Waals surface area contributed by atoms with E-state index in [4.69, 9.17) is 9.84 Å². The van der Waals surface area contributed by atoms with E-state index in [-0.39, 0.29) is 12.2 Å². The van der Waals surface area contributed by atoms with Gasteiger partial charge >= 0.3 is 5.97 Å². The smallest absolute Gasteiger partial charge is 0.336 e. The first-order valence-electron chi connectivity index (χ1n) is 6.62. The fraction of sp³-hybridized carbons (Fsp3) is 0.235. The summed E-state index contributed by atoms with van der Waals surface area (Å²) in [5.41, 5.74) is 2.16. The molecule has 20 heavy (non-hydrogen) atoms. The van der Waals surface area contributed by atoms with Crippen molar-refractivity contribution in [2.24, 2.45) is 0 Å². The van der Waals surface area contributed by atoms with Gasteiger partial charge < -0.3 is 9.84 Å². The molecule has 3 nitrogen and oxygen atoms in total. The third-order valence-electron chi connectivity index (χ3n) is 3.17. The highest BCUT2D eigenvalue weighted by Crippen LogP contribution is 2.21. The molecule has 104 valence electrons. The quantitative estimate of drug-likeness (QED) is 0.890.